The van der Waals surface area contributed by atoms with Crippen LogP contribution in [-0.4, -0.2) is 23.0 Å². The van der Waals surface area contributed by atoms with Crippen LogP contribution in [0, 0.1) is 0 Å². The zero-order valence-electron chi connectivity index (χ0n) is 9.15. The normalized spacial score (nSPS) is 17.6. The zero-order valence-corrected chi connectivity index (χ0v) is 9.15. The van der Waals surface area contributed by atoms with Crippen LogP contribution in [0.2, 0.25) is 0 Å². The molecule has 0 unspecified atom stereocenters. The summed E-state index contributed by atoms with van der Waals surface area (Å²) in [5.41, 5.74) is 2.33. The first-order valence-electron chi connectivity index (χ1n) is 5.68. The topological polar surface area (TPSA) is 16.1 Å². The average Bonchev–Trinajstić information content (AvgIpc) is 2.31. The monoisotopic (exact) mass is 202 g/mol. The van der Waals surface area contributed by atoms with Crippen LogP contribution in [-0.2, 0) is 6.54 Å². The van der Waals surface area contributed by atoms with Gasteiger partial charge in [-0.05, 0) is 43.6 Å². The van der Waals surface area contributed by atoms with Gasteiger partial charge in [-0.1, -0.05) is 19.1 Å². The Morgan fingerprint density at radius 2 is 2.13 bits per heavy atom. The lowest BCUT2D eigenvalue weighted by atomic mass is 10.1. The van der Waals surface area contributed by atoms with E-state index in [1.54, 1.807) is 0 Å². The van der Waals surface area contributed by atoms with Gasteiger partial charge in [0.15, 0.2) is 0 Å². The Hall–Kier alpha value is -1.15. The Morgan fingerprint density at radius 1 is 1.33 bits per heavy atom. The maximum atomic E-state index is 4.39. The van der Waals surface area contributed by atoms with Gasteiger partial charge in [0.25, 0.3) is 0 Å². The van der Waals surface area contributed by atoms with Crippen molar-refractivity contribution in [3.8, 4) is 0 Å². The van der Waals surface area contributed by atoms with Crippen LogP contribution in [0.25, 0.3) is 6.08 Å². The summed E-state index contributed by atoms with van der Waals surface area (Å²) in [6.45, 7) is 7.21. The summed E-state index contributed by atoms with van der Waals surface area (Å²) in [6.07, 6.45) is 7.80. The van der Waals surface area contributed by atoms with Crippen LogP contribution in [0.5, 0.6) is 0 Å². The highest BCUT2D eigenvalue weighted by Gasteiger charge is 2.10. The Bertz CT molecular complexity index is 327. The highest BCUT2D eigenvalue weighted by Crippen LogP contribution is 2.12. The van der Waals surface area contributed by atoms with Gasteiger partial charge in [0.1, 0.15) is 0 Å². The molecule has 0 radical (unpaired) electrons. The summed E-state index contributed by atoms with van der Waals surface area (Å²) in [5, 5.41) is 0. The fourth-order valence-electron chi connectivity index (χ4n) is 2.06. The molecular weight excluding hydrogens is 184 g/mol. The maximum Gasteiger partial charge on any atom is 0.0549 e. The lowest BCUT2D eigenvalue weighted by Crippen LogP contribution is -2.29. The van der Waals surface area contributed by atoms with Crippen LogP contribution < -0.4 is 0 Å². The fraction of sp³-hybridized carbons (Fsp3) is 0.462. The van der Waals surface area contributed by atoms with Gasteiger partial charge in [0, 0.05) is 12.7 Å². The first-order chi connectivity index (χ1) is 7.38. The summed E-state index contributed by atoms with van der Waals surface area (Å²) in [4.78, 5) is 6.88. The van der Waals surface area contributed by atoms with E-state index in [0.717, 1.165) is 17.8 Å². The lowest BCUT2D eigenvalue weighted by molar-refractivity contribution is 0.218. The number of nitrogens with zero attached hydrogens (tertiary/aromatic N) is 2. The molecule has 2 heteroatoms. The van der Waals surface area contributed by atoms with E-state index >= 15 is 0 Å². The average molecular weight is 202 g/mol. The Balaban J connectivity index is 1.99. The van der Waals surface area contributed by atoms with Crippen LogP contribution in [0.1, 0.15) is 30.5 Å². The highest BCUT2D eigenvalue weighted by molar-refractivity contribution is 5.46. The van der Waals surface area contributed by atoms with Gasteiger partial charge < -0.3 is 0 Å². The van der Waals surface area contributed by atoms with Crippen molar-refractivity contribution < 1.29 is 0 Å². The molecule has 0 bridgehead atoms. The number of likely N-dealkylation sites (tertiary alicyclic amines) is 1. The van der Waals surface area contributed by atoms with Crippen LogP contribution in [0.3, 0.4) is 0 Å². The lowest BCUT2D eigenvalue weighted by Gasteiger charge is -2.25. The Morgan fingerprint density at radius 3 is 2.87 bits per heavy atom. The van der Waals surface area contributed by atoms with Gasteiger partial charge >= 0.3 is 0 Å². The van der Waals surface area contributed by atoms with E-state index in [1.807, 2.05) is 18.3 Å². The molecule has 0 spiro atoms. The second kappa shape index (κ2) is 5.08. The molecule has 0 amide bonds. The molecule has 0 aliphatic carbocycles. The SMILES string of the molecule is C=Cc1ccnc(CN2CCCCC2)c1. The molecule has 15 heavy (non-hydrogen) atoms. The first kappa shape index (κ1) is 10.4. The third kappa shape index (κ3) is 2.90. The highest BCUT2D eigenvalue weighted by atomic mass is 15.1. The van der Waals surface area contributed by atoms with Crippen LogP contribution in [0.15, 0.2) is 24.9 Å². The quantitative estimate of drug-likeness (QED) is 0.749. The minimum Gasteiger partial charge on any atom is -0.298 e. The minimum absolute atomic E-state index is 0.988. The van der Waals surface area contributed by atoms with Crippen LogP contribution >= 0.6 is 0 Å². The summed E-state index contributed by atoms with van der Waals surface area (Å²) >= 11 is 0. The second-order valence-electron chi connectivity index (χ2n) is 4.12. The standard InChI is InChI=1S/C13H18N2/c1-2-12-6-7-14-13(10-12)11-15-8-4-3-5-9-15/h2,6-7,10H,1,3-5,8-9,11H2. The number of rotatable bonds is 3. The molecule has 0 aromatic carbocycles. The Kier molecular flexibility index (Phi) is 3.51. The molecular formula is C13H18N2. The van der Waals surface area contributed by atoms with E-state index in [4.69, 9.17) is 0 Å². The summed E-state index contributed by atoms with van der Waals surface area (Å²) < 4.78 is 0. The summed E-state index contributed by atoms with van der Waals surface area (Å²) in [5.74, 6) is 0. The number of hydrogen-bond acceptors (Lipinski definition) is 2. The minimum atomic E-state index is 0.988. The second-order valence-corrected chi connectivity index (χ2v) is 4.12. The third-order valence-corrected chi connectivity index (χ3v) is 2.91. The molecule has 2 nitrogen and oxygen atoms in total. The predicted molar refractivity (Wildman–Crippen MR) is 63.5 cm³/mol. The van der Waals surface area contributed by atoms with Crippen molar-refractivity contribution in [1.82, 2.24) is 9.88 Å². The molecule has 2 heterocycles. The van der Waals surface area contributed by atoms with Crippen molar-refractivity contribution in [3.05, 3.63) is 36.2 Å². The van der Waals surface area contributed by atoms with Crippen molar-refractivity contribution in [1.29, 1.82) is 0 Å². The van der Waals surface area contributed by atoms with Crippen molar-refractivity contribution in [2.24, 2.45) is 0 Å². The molecule has 80 valence electrons. The summed E-state index contributed by atoms with van der Waals surface area (Å²) in [7, 11) is 0. The number of aromatic nitrogens is 1. The van der Waals surface area contributed by atoms with Gasteiger partial charge in [-0.2, -0.15) is 0 Å². The van der Waals surface area contributed by atoms with Crippen molar-refractivity contribution >= 4 is 6.08 Å². The zero-order chi connectivity index (χ0) is 10.5. The van der Waals surface area contributed by atoms with Crippen molar-refractivity contribution in [3.63, 3.8) is 0 Å². The van der Waals surface area contributed by atoms with Gasteiger partial charge in [-0.15, -0.1) is 0 Å². The molecule has 1 aromatic rings. The van der Waals surface area contributed by atoms with E-state index in [1.165, 1.54) is 32.4 Å². The number of piperidine rings is 1. The van der Waals surface area contributed by atoms with Crippen LogP contribution in [0.4, 0.5) is 0 Å². The van der Waals surface area contributed by atoms with Crippen molar-refractivity contribution in [2.45, 2.75) is 25.8 Å². The van der Waals surface area contributed by atoms with Gasteiger partial charge in [0.2, 0.25) is 0 Å². The van der Waals surface area contributed by atoms with Gasteiger partial charge in [-0.25, -0.2) is 0 Å². The molecule has 1 aromatic heterocycles. The van der Waals surface area contributed by atoms with E-state index < -0.39 is 0 Å². The maximum absolute atomic E-state index is 4.39. The molecule has 2 rings (SSSR count). The van der Waals surface area contributed by atoms with E-state index in [-0.39, 0.29) is 0 Å². The van der Waals surface area contributed by atoms with Crippen molar-refractivity contribution in [2.75, 3.05) is 13.1 Å². The largest absolute Gasteiger partial charge is 0.298 e. The molecule has 0 saturated carbocycles. The molecule has 1 fully saturated rings. The fourth-order valence-corrected chi connectivity index (χ4v) is 2.06. The molecule has 1 aliphatic heterocycles. The van der Waals surface area contributed by atoms with E-state index in [0.29, 0.717) is 0 Å². The molecule has 0 N–H and O–H groups in total. The molecule has 0 atom stereocenters. The van der Waals surface area contributed by atoms with Gasteiger partial charge in [-0.3, -0.25) is 9.88 Å². The molecule has 1 saturated heterocycles. The predicted octanol–water partition coefficient (Wildman–Crippen LogP) is 2.71. The van der Waals surface area contributed by atoms with Gasteiger partial charge in [0.05, 0.1) is 5.69 Å². The Labute approximate surface area is 91.6 Å². The van der Waals surface area contributed by atoms with E-state index in [9.17, 15) is 0 Å². The smallest absolute Gasteiger partial charge is 0.0549 e. The first-order valence-corrected chi connectivity index (χ1v) is 5.68. The third-order valence-electron chi connectivity index (χ3n) is 2.91. The van der Waals surface area contributed by atoms with E-state index in [2.05, 4.69) is 22.5 Å². The summed E-state index contributed by atoms with van der Waals surface area (Å²) in [6, 6.07) is 4.12. The number of hydrogen-bond donors (Lipinski definition) is 0. The molecule has 1 aliphatic rings. The number of pyridine rings is 1.